The van der Waals surface area contributed by atoms with E-state index in [0.717, 1.165) is 0 Å². The van der Waals surface area contributed by atoms with Gasteiger partial charge in [0.15, 0.2) is 5.75 Å². The fraction of sp³-hybridized carbons (Fsp3) is 0.364. The van der Waals surface area contributed by atoms with E-state index in [1.54, 1.807) is 42.6 Å². The summed E-state index contributed by atoms with van der Waals surface area (Å²) in [5.74, 6) is 1.01. The number of aromatic nitrogens is 3. The first-order valence-corrected chi connectivity index (χ1v) is 12.2. The third kappa shape index (κ3) is 9.26. The van der Waals surface area contributed by atoms with E-state index in [2.05, 4.69) is 30.5 Å². The number of ether oxygens (including phenoxy) is 2. The zero-order valence-electron chi connectivity index (χ0n) is 18.9. The number of benzene rings is 1. The van der Waals surface area contributed by atoms with Crippen LogP contribution in [0.15, 0.2) is 63.4 Å². The molecule has 13 heteroatoms. The number of carbonyl (C=O) groups excluding carboxylic acids is 1. The molecule has 0 aliphatic carbocycles. The first kappa shape index (κ1) is 26.0. The summed E-state index contributed by atoms with van der Waals surface area (Å²) in [6.07, 6.45) is 2.53. The van der Waals surface area contributed by atoms with E-state index >= 15 is 0 Å². The smallest absolute Gasteiger partial charge is 0.436 e. The predicted octanol–water partition coefficient (Wildman–Crippen LogP) is 3.04. The summed E-state index contributed by atoms with van der Waals surface area (Å²) in [6, 6.07) is 12.5. The highest BCUT2D eigenvalue weighted by Crippen LogP contribution is 2.24. The van der Waals surface area contributed by atoms with Crippen molar-refractivity contribution < 1.29 is 23.2 Å². The van der Waals surface area contributed by atoms with Gasteiger partial charge in [-0.2, -0.15) is 0 Å². The molecule has 0 aliphatic heterocycles. The van der Waals surface area contributed by atoms with Gasteiger partial charge in [0.05, 0.1) is 36.7 Å². The zero-order valence-corrected chi connectivity index (χ0v) is 19.7. The number of hydrogen-bond donors (Lipinski definition) is 1. The maximum absolute atomic E-state index is 12.4. The first-order chi connectivity index (χ1) is 17.2. The third-order valence-electron chi connectivity index (χ3n) is 4.49. The van der Waals surface area contributed by atoms with Gasteiger partial charge in [-0.1, -0.05) is 16.3 Å². The van der Waals surface area contributed by atoms with Gasteiger partial charge in [0.25, 0.3) is 5.89 Å². The molecule has 2 heterocycles. The molecule has 3 rings (SSSR count). The number of nitrogens with zero attached hydrogens (tertiary/aromatic N) is 6. The number of hydrogen-bond acceptors (Lipinski definition) is 9. The van der Waals surface area contributed by atoms with Gasteiger partial charge in [0.2, 0.25) is 5.91 Å². The Kier molecular flexibility index (Phi) is 10.8. The fourth-order valence-electron chi connectivity index (χ4n) is 2.82. The molecule has 1 amide bonds. The summed E-state index contributed by atoms with van der Waals surface area (Å²) in [6.45, 7) is 1.73. The van der Waals surface area contributed by atoms with Gasteiger partial charge in [-0.15, -0.1) is 5.10 Å². The molecule has 0 aliphatic rings. The number of pyridine rings is 1. The SMILES string of the molecule is [N-]=[N+]=NCCOCCNC(=O)CCCOc1ccc(-c2nnc([S+]([O-])Cc3ccccn3)o2)cc1. The molecular weight excluding hydrogens is 474 g/mol. The molecular formula is C22H25N7O5S. The molecule has 184 valence electrons. The second-order valence-electron chi connectivity index (χ2n) is 7.08. The fourth-order valence-corrected chi connectivity index (χ4v) is 3.68. The van der Waals surface area contributed by atoms with E-state index in [9.17, 15) is 9.35 Å². The topological polar surface area (TPSA) is 171 Å². The maximum Gasteiger partial charge on any atom is 0.436 e. The second-order valence-corrected chi connectivity index (χ2v) is 8.41. The van der Waals surface area contributed by atoms with Crippen molar-refractivity contribution in [3.63, 3.8) is 0 Å². The van der Waals surface area contributed by atoms with E-state index in [1.165, 1.54) is 0 Å². The lowest BCUT2D eigenvalue weighted by molar-refractivity contribution is -0.121. The van der Waals surface area contributed by atoms with Crippen molar-refractivity contribution in [1.29, 1.82) is 0 Å². The van der Waals surface area contributed by atoms with Crippen LogP contribution in [-0.4, -0.2) is 58.6 Å². The van der Waals surface area contributed by atoms with Gasteiger partial charge in [-0.05, 0) is 48.4 Å². The number of carbonyl (C=O) groups is 1. The number of nitrogens with one attached hydrogen (secondary N) is 1. The minimum Gasteiger partial charge on any atom is -0.607 e. The first-order valence-electron chi connectivity index (χ1n) is 10.9. The minimum absolute atomic E-state index is 0.0454. The largest absolute Gasteiger partial charge is 0.607 e. The molecule has 0 radical (unpaired) electrons. The minimum atomic E-state index is -1.49. The number of amides is 1. The molecule has 3 aromatic rings. The van der Waals surface area contributed by atoms with Crippen molar-refractivity contribution in [2.24, 2.45) is 5.11 Å². The molecule has 1 aromatic carbocycles. The zero-order chi connectivity index (χ0) is 24.7. The standard InChI is InChI=1S/C22H25N7O5S/c23-29-26-12-15-32-14-11-25-20(30)5-3-13-33-19-8-6-17(7-9-19)21-27-28-22(34-21)35(31)16-18-4-1-2-10-24-18/h1-2,4,6-10H,3,5,11-16H2,(H,25,30). The molecule has 0 saturated carbocycles. The Morgan fingerprint density at radius 1 is 1.17 bits per heavy atom. The molecule has 0 saturated heterocycles. The third-order valence-corrected chi connectivity index (χ3v) is 5.60. The van der Waals surface area contributed by atoms with E-state index in [4.69, 9.17) is 19.4 Å². The van der Waals surface area contributed by atoms with Crippen LogP contribution >= 0.6 is 0 Å². The summed E-state index contributed by atoms with van der Waals surface area (Å²) in [7, 11) is 0. The van der Waals surface area contributed by atoms with E-state index < -0.39 is 11.2 Å². The summed E-state index contributed by atoms with van der Waals surface area (Å²) < 4.78 is 28.9. The highest BCUT2D eigenvalue weighted by molar-refractivity contribution is 7.90. The van der Waals surface area contributed by atoms with Crippen LogP contribution in [0.1, 0.15) is 18.5 Å². The molecule has 1 atom stereocenters. The van der Waals surface area contributed by atoms with Crippen LogP contribution in [0.2, 0.25) is 0 Å². The van der Waals surface area contributed by atoms with Gasteiger partial charge >= 0.3 is 5.22 Å². The van der Waals surface area contributed by atoms with Crippen molar-refractivity contribution in [2.75, 3.05) is 32.9 Å². The number of azide groups is 1. The van der Waals surface area contributed by atoms with Crippen LogP contribution in [0, 0.1) is 0 Å². The van der Waals surface area contributed by atoms with Gasteiger partial charge in [0.1, 0.15) is 5.75 Å². The van der Waals surface area contributed by atoms with Crippen LogP contribution in [-0.2, 0) is 26.5 Å². The summed E-state index contributed by atoms with van der Waals surface area (Å²) >= 11 is -1.49. The van der Waals surface area contributed by atoms with Gasteiger partial charge in [-0.25, -0.2) is 0 Å². The van der Waals surface area contributed by atoms with Crippen molar-refractivity contribution in [1.82, 2.24) is 20.5 Å². The monoisotopic (exact) mass is 499 g/mol. The average Bonchev–Trinajstić information content (AvgIpc) is 3.38. The lowest BCUT2D eigenvalue weighted by atomic mass is 10.2. The molecule has 12 nitrogen and oxygen atoms in total. The predicted molar refractivity (Wildman–Crippen MR) is 127 cm³/mol. The average molecular weight is 500 g/mol. The van der Waals surface area contributed by atoms with Crippen molar-refractivity contribution in [3.05, 3.63) is 64.8 Å². The Morgan fingerprint density at radius 2 is 2.03 bits per heavy atom. The molecule has 1 N–H and O–H groups in total. The molecule has 0 bridgehead atoms. The highest BCUT2D eigenvalue weighted by atomic mass is 32.2. The Labute approximate surface area is 204 Å². The Bertz CT molecular complexity index is 1090. The normalized spacial score (nSPS) is 11.5. The molecule has 0 fully saturated rings. The number of rotatable bonds is 15. The van der Waals surface area contributed by atoms with Crippen LogP contribution in [0.4, 0.5) is 0 Å². The molecule has 0 spiro atoms. The Balaban J connectivity index is 1.34. The molecule has 2 aromatic heterocycles. The van der Waals surface area contributed by atoms with Crippen LogP contribution in [0.25, 0.3) is 21.9 Å². The van der Waals surface area contributed by atoms with Crippen LogP contribution in [0.3, 0.4) is 0 Å². The highest BCUT2D eigenvalue weighted by Gasteiger charge is 2.21. The molecule has 1 unspecified atom stereocenters. The quantitative estimate of drug-likeness (QED) is 0.109. The lowest BCUT2D eigenvalue weighted by Gasteiger charge is -2.08. The summed E-state index contributed by atoms with van der Waals surface area (Å²) in [5, 5.41) is 14.0. The van der Waals surface area contributed by atoms with Gasteiger partial charge < -0.3 is 23.8 Å². The van der Waals surface area contributed by atoms with Crippen LogP contribution in [0.5, 0.6) is 5.75 Å². The summed E-state index contributed by atoms with van der Waals surface area (Å²) in [5.41, 5.74) is 9.50. The van der Waals surface area contributed by atoms with Crippen molar-refractivity contribution in [3.8, 4) is 17.2 Å². The summed E-state index contributed by atoms with van der Waals surface area (Å²) in [4.78, 5) is 18.6. The van der Waals surface area contributed by atoms with E-state index in [0.29, 0.717) is 56.2 Å². The van der Waals surface area contributed by atoms with E-state index in [1.807, 2.05) is 6.07 Å². The molecule has 35 heavy (non-hydrogen) atoms. The Morgan fingerprint density at radius 3 is 2.80 bits per heavy atom. The lowest BCUT2D eigenvalue weighted by Crippen LogP contribution is -2.27. The van der Waals surface area contributed by atoms with Gasteiger partial charge in [0, 0.05) is 36.2 Å². The van der Waals surface area contributed by atoms with Gasteiger partial charge in [-0.3, -0.25) is 9.78 Å². The second kappa shape index (κ2) is 14.6. The Hall–Kier alpha value is -3.64. The maximum atomic E-state index is 12.4. The van der Waals surface area contributed by atoms with Crippen LogP contribution < -0.4 is 10.1 Å². The van der Waals surface area contributed by atoms with E-state index in [-0.39, 0.29) is 29.3 Å². The van der Waals surface area contributed by atoms with Crippen molar-refractivity contribution in [2.45, 2.75) is 23.8 Å². The van der Waals surface area contributed by atoms with Crippen molar-refractivity contribution >= 4 is 17.1 Å².